The Bertz CT molecular complexity index is 893. The second kappa shape index (κ2) is 8.04. The lowest BCUT2D eigenvalue weighted by atomic mass is 9.96. The number of aryl methyl sites for hydroxylation is 1. The van der Waals surface area contributed by atoms with Crippen LogP contribution in [0.3, 0.4) is 0 Å². The minimum Gasteiger partial charge on any atom is -0.387 e. The maximum absolute atomic E-state index is 13.0. The molecule has 0 aliphatic carbocycles. The topological polar surface area (TPSA) is 97.3 Å². The van der Waals surface area contributed by atoms with E-state index in [4.69, 9.17) is 9.57 Å². The molecule has 0 aromatic heterocycles. The molecule has 2 atom stereocenters. The van der Waals surface area contributed by atoms with Crippen LogP contribution >= 0.6 is 0 Å². The van der Waals surface area contributed by atoms with E-state index < -0.39 is 15.6 Å². The van der Waals surface area contributed by atoms with Crippen molar-refractivity contribution < 1.29 is 22.8 Å². The fourth-order valence-electron chi connectivity index (χ4n) is 4.04. The van der Waals surface area contributed by atoms with Gasteiger partial charge in [0.1, 0.15) is 5.71 Å². The van der Waals surface area contributed by atoms with E-state index in [2.05, 4.69) is 10.5 Å². The minimum atomic E-state index is -3.60. The third kappa shape index (κ3) is 4.17. The lowest BCUT2D eigenvalue weighted by molar-refractivity contribution is -0.115. The first-order valence-electron chi connectivity index (χ1n) is 10.2. The molecule has 1 aromatic rings. The van der Waals surface area contributed by atoms with Crippen LogP contribution in [0, 0.1) is 0 Å². The molecule has 0 unspecified atom stereocenters. The van der Waals surface area contributed by atoms with Crippen molar-refractivity contribution in [1.82, 2.24) is 9.62 Å². The summed E-state index contributed by atoms with van der Waals surface area (Å²) < 4.78 is 32.9. The van der Waals surface area contributed by atoms with Gasteiger partial charge < -0.3 is 14.9 Å². The largest absolute Gasteiger partial charge is 0.387 e. The molecule has 3 aliphatic heterocycles. The average Bonchev–Trinajstić information content (AvgIpc) is 3.49. The van der Waals surface area contributed by atoms with Crippen molar-refractivity contribution in [3.8, 4) is 0 Å². The first-order valence-corrected chi connectivity index (χ1v) is 11.6. The van der Waals surface area contributed by atoms with Gasteiger partial charge in [0.05, 0.1) is 17.5 Å². The van der Waals surface area contributed by atoms with Crippen LogP contribution in [0.25, 0.3) is 0 Å². The number of hydrogen-bond donors (Lipinski definition) is 1. The fourth-order valence-corrected chi connectivity index (χ4v) is 5.55. The molecule has 0 radical (unpaired) electrons. The SMILES string of the molecule is CCc1ccc(S(=O)(=O)N2CC[C@@]3(CC(C(=O)NC[C@H]4CCCO4)=NO3)C2)cc1. The zero-order valence-corrected chi connectivity index (χ0v) is 17.4. The van der Waals surface area contributed by atoms with Gasteiger partial charge in [0.15, 0.2) is 5.60 Å². The maximum atomic E-state index is 13.0. The van der Waals surface area contributed by atoms with E-state index in [0.29, 0.717) is 31.6 Å². The van der Waals surface area contributed by atoms with Gasteiger partial charge in [0, 0.05) is 32.5 Å². The lowest BCUT2D eigenvalue weighted by Gasteiger charge is -2.21. The number of amides is 1. The van der Waals surface area contributed by atoms with Crippen LogP contribution in [-0.2, 0) is 30.8 Å². The lowest BCUT2D eigenvalue weighted by Crippen LogP contribution is -2.40. The summed E-state index contributed by atoms with van der Waals surface area (Å²) in [5.74, 6) is -0.270. The molecular weight excluding hydrogens is 394 g/mol. The zero-order valence-electron chi connectivity index (χ0n) is 16.6. The van der Waals surface area contributed by atoms with Gasteiger partial charge in [-0.3, -0.25) is 4.79 Å². The van der Waals surface area contributed by atoms with Crippen LogP contribution in [-0.4, -0.2) is 62.3 Å². The van der Waals surface area contributed by atoms with Crippen molar-refractivity contribution in [1.29, 1.82) is 0 Å². The summed E-state index contributed by atoms with van der Waals surface area (Å²) in [4.78, 5) is 18.3. The molecule has 1 spiro atoms. The number of carbonyl (C=O) groups is 1. The molecule has 9 heteroatoms. The Kier molecular flexibility index (Phi) is 5.63. The van der Waals surface area contributed by atoms with Gasteiger partial charge in [-0.15, -0.1) is 0 Å². The number of carbonyl (C=O) groups excluding carboxylic acids is 1. The van der Waals surface area contributed by atoms with Gasteiger partial charge in [-0.2, -0.15) is 4.31 Å². The predicted octanol–water partition coefficient (Wildman–Crippen LogP) is 1.45. The zero-order chi connectivity index (χ0) is 20.5. The van der Waals surface area contributed by atoms with Gasteiger partial charge in [-0.1, -0.05) is 24.2 Å². The summed E-state index contributed by atoms with van der Waals surface area (Å²) in [6.07, 6.45) is 3.69. The third-order valence-electron chi connectivity index (χ3n) is 5.87. The summed E-state index contributed by atoms with van der Waals surface area (Å²) in [5, 5.41) is 6.81. The van der Waals surface area contributed by atoms with E-state index in [0.717, 1.165) is 31.4 Å². The Morgan fingerprint density at radius 2 is 2.14 bits per heavy atom. The van der Waals surface area contributed by atoms with Crippen LogP contribution in [0.1, 0.15) is 38.2 Å². The van der Waals surface area contributed by atoms with Crippen molar-refractivity contribution in [3.63, 3.8) is 0 Å². The summed E-state index contributed by atoms with van der Waals surface area (Å²) in [6, 6.07) is 6.97. The predicted molar refractivity (Wildman–Crippen MR) is 107 cm³/mol. The molecule has 158 valence electrons. The fraction of sp³-hybridized carbons (Fsp3) is 0.600. The van der Waals surface area contributed by atoms with Crippen LogP contribution in [0.15, 0.2) is 34.3 Å². The highest BCUT2D eigenvalue weighted by atomic mass is 32.2. The number of rotatable bonds is 6. The molecule has 0 saturated carbocycles. The van der Waals surface area contributed by atoms with Crippen LogP contribution < -0.4 is 5.32 Å². The van der Waals surface area contributed by atoms with E-state index >= 15 is 0 Å². The second-order valence-corrected chi connectivity index (χ2v) is 9.86. The number of benzene rings is 1. The molecule has 3 heterocycles. The van der Waals surface area contributed by atoms with Crippen LogP contribution in [0.5, 0.6) is 0 Å². The first kappa shape index (κ1) is 20.3. The minimum absolute atomic E-state index is 0.0574. The van der Waals surface area contributed by atoms with Crippen molar-refractivity contribution in [2.45, 2.75) is 55.6 Å². The number of nitrogens with one attached hydrogen (secondary N) is 1. The summed E-state index contributed by atoms with van der Waals surface area (Å²) >= 11 is 0. The standard InChI is InChI=1S/C20H27N3O5S/c1-2-15-5-7-17(8-6-15)29(25,26)23-10-9-20(14-23)12-18(22-28-20)19(24)21-13-16-4-3-11-27-16/h5-8,16H,2-4,9-14H2,1H3,(H,21,24)/t16-,20-/m1/s1. The Hall–Kier alpha value is -1.97. The van der Waals surface area contributed by atoms with Gasteiger partial charge in [0.25, 0.3) is 5.91 Å². The summed E-state index contributed by atoms with van der Waals surface area (Å²) in [7, 11) is -3.60. The van der Waals surface area contributed by atoms with Gasteiger partial charge >= 0.3 is 0 Å². The van der Waals surface area contributed by atoms with Crippen molar-refractivity contribution in [2.75, 3.05) is 26.2 Å². The second-order valence-electron chi connectivity index (χ2n) is 7.92. The van der Waals surface area contributed by atoms with E-state index in [-0.39, 0.29) is 23.5 Å². The molecular formula is C20H27N3O5S. The monoisotopic (exact) mass is 421 g/mol. The Labute approximate surface area is 171 Å². The molecule has 1 amide bonds. The number of sulfonamides is 1. The van der Waals surface area contributed by atoms with Crippen molar-refractivity contribution in [2.24, 2.45) is 5.16 Å². The number of oxime groups is 1. The van der Waals surface area contributed by atoms with Gasteiger partial charge in [-0.25, -0.2) is 8.42 Å². The Morgan fingerprint density at radius 3 is 2.83 bits per heavy atom. The average molecular weight is 422 g/mol. The van der Waals surface area contributed by atoms with E-state index in [9.17, 15) is 13.2 Å². The first-order chi connectivity index (χ1) is 13.9. The molecule has 29 heavy (non-hydrogen) atoms. The van der Waals surface area contributed by atoms with E-state index in [1.807, 2.05) is 19.1 Å². The molecule has 2 fully saturated rings. The van der Waals surface area contributed by atoms with Crippen LogP contribution in [0.2, 0.25) is 0 Å². The quantitative estimate of drug-likeness (QED) is 0.750. The molecule has 0 bridgehead atoms. The van der Waals surface area contributed by atoms with Gasteiger partial charge in [-0.05, 0) is 37.0 Å². The summed E-state index contributed by atoms with van der Waals surface area (Å²) in [6.45, 7) is 3.76. The Balaban J connectivity index is 1.36. The number of ether oxygens (including phenoxy) is 1. The number of hydrogen-bond acceptors (Lipinski definition) is 6. The molecule has 1 N–H and O–H groups in total. The molecule has 4 rings (SSSR count). The summed E-state index contributed by atoms with van der Waals surface area (Å²) in [5.41, 5.74) is 0.648. The number of nitrogens with zero attached hydrogens (tertiary/aromatic N) is 2. The van der Waals surface area contributed by atoms with Crippen molar-refractivity contribution in [3.05, 3.63) is 29.8 Å². The third-order valence-corrected chi connectivity index (χ3v) is 7.73. The van der Waals surface area contributed by atoms with Crippen molar-refractivity contribution >= 4 is 21.6 Å². The highest BCUT2D eigenvalue weighted by molar-refractivity contribution is 7.89. The molecule has 1 aromatic carbocycles. The van der Waals surface area contributed by atoms with E-state index in [1.165, 1.54) is 4.31 Å². The molecule has 3 aliphatic rings. The highest BCUT2D eigenvalue weighted by Crippen LogP contribution is 2.36. The molecule has 2 saturated heterocycles. The normalized spacial score (nSPS) is 27.2. The van der Waals surface area contributed by atoms with E-state index in [1.54, 1.807) is 12.1 Å². The molecule has 8 nitrogen and oxygen atoms in total. The van der Waals surface area contributed by atoms with Crippen LogP contribution in [0.4, 0.5) is 0 Å². The highest BCUT2D eigenvalue weighted by Gasteiger charge is 2.49. The Morgan fingerprint density at radius 1 is 1.34 bits per heavy atom. The smallest absolute Gasteiger partial charge is 0.269 e. The van der Waals surface area contributed by atoms with Gasteiger partial charge in [0.2, 0.25) is 10.0 Å². The maximum Gasteiger partial charge on any atom is 0.269 e.